The molecule has 0 bridgehead atoms. The van der Waals surface area contributed by atoms with Crippen LogP contribution in [0.1, 0.15) is 26.7 Å². The Labute approximate surface area is 99.7 Å². The standard InChI is InChI=1S/C10H17N5O2/c1-6(2)17-10-13-8(15-11)12-9(14-10)16-5-7-3-4-7/h6-7H,3-5,11H2,1-2H3,(H,12,13,14,15). The summed E-state index contributed by atoms with van der Waals surface area (Å²) in [4.78, 5) is 12.0. The summed E-state index contributed by atoms with van der Waals surface area (Å²) in [6.07, 6.45) is 2.41. The highest BCUT2D eigenvalue weighted by Gasteiger charge is 2.22. The molecule has 2 rings (SSSR count). The van der Waals surface area contributed by atoms with Gasteiger partial charge >= 0.3 is 12.0 Å². The summed E-state index contributed by atoms with van der Waals surface area (Å²) in [6.45, 7) is 4.42. The fourth-order valence-corrected chi connectivity index (χ4v) is 1.21. The molecule has 0 unspecified atom stereocenters. The third-order valence-electron chi connectivity index (χ3n) is 2.21. The Morgan fingerprint density at radius 3 is 2.59 bits per heavy atom. The Kier molecular flexibility index (Phi) is 3.58. The van der Waals surface area contributed by atoms with E-state index in [2.05, 4.69) is 20.4 Å². The minimum atomic E-state index is -0.0145. The Balaban J connectivity index is 2.06. The largest absolute Gasteiger partial charge is 0.463 e. The van der Waals surface area contributed by atoms with Gasteiger partial charge in [-0.1, -0.05) is 0 Å². The van der Waals surface area contributed by atoms with Gasteiger partial charge in [-0.15, -0.1) is 4.98 Å². The molecule has 0 spiro atoms. The number of aromatic nitrogens is 3. The van der Waals surface area contributed by atoms with E-state index in [0.717, 1.165) is 0 Å². The van der Waals surface area contributed by atoms with Crippen molar-refractivity contribution in [3.05, 3.63) is 0 Å². The van der Waals surface area contributed by atoms with Gasteiger partial charge in [0.25, 0.3) is 0 Å². The van der Waals surface area contributed by atoms with Gasteiger partial charge in [0.05, 0.1) is 12.7 Å². The Hall–Kier alpha value is -1.63. The lowest BCUT2D eigenvalue weighted by Gasteiger charge is -2.10. The zero-order valence-electron chi connectivity index (χ0n) is 10.0. The fraction of sp³-hybridized carbons (Fsp3) is 0.700. The van der Waals surface area contributed by atoms with Crippen molar-refractivity contribution in [3.8, 4) is 12.0 Å². The molecule has 1 heterocycles. The predicted octanol–water partition coefficient (Wildman–Crippen LogP) is 0.733. The number of anilines is 1. The van der Waals surface area contributed by atoms with Gasteiger partial charge in [-0.25, -0.2) is 5.84 Å². The molecule has 1 aliphatic carbocycles. The van der Waals surface area contributed by atoms with E-state index < -0.39 is 0 Å². The van der Waals surface area contributed by atoms with Crippen molar-refractivity contribution in [2.75, 3.05) is 12.0 Å². The maximum Gasteiger partial charge on any atom is 0.324 e. The van der Waals surface area contributed by atoms with E-state index in [1.54, 1.807) is 0 Å². The summed E-state index contributed by atoms with van der Waals surface area (Å²) in [7, 11) is 0. The average molecular weight is 239 g/mol. The molecule has 1 aromatic heterocycles. The summed E-state index contributed by atoms with van der Waals surface area (Å²) in [5.41, 5.74) is 2.36. The van der Waals surface area contributed by atoms with Crippen LogP contribution in [0.5, 0.6) is 12.0 Å². The molecular weight excluding hydrogens is 222 g/mol. The van der Waals surface area contributed by atoms with E-state index in [9.17, 15) is 0 Å². The van der Waals surface area contributed by atoms with Crippen LogP contribution in [0.2, 0.25) is 0 Å². The number of hydrogen-bond acceptors (Lipinski definition) is 7. The van der Waals surface area contributed by atoms with Gasteiger partial charge in [-0.3, -0.25) is 5.43 Å². The Morgan fingerprint density at radius 2 is 2.00 bits per heavy atom. The average Bonchev–Trinajstić information content (AvgIpc) is 3.09. The molecule has 1 fully saturated rings. The van der Waals surface area contributed by atoms with Crippen molar-refractivity contribution in [3.63, 3.8) is 0 Å². The van der Waals surface area contributed by atoms with Crippen LogP contribution < -0.4 is 20.7 Å². The maximum atomic E-state index is 5.46. The highest BCUT2D eigenvalue weighted by molar-refractivity contribution is 5.25. The number of nitrogen functional groups attached to an aromatic ring is 1. The molecule has 7 nitrogen and oxygen atoms in total. The van der Waals surface area contributed by atoms with Crippen molar-refractivity contribution in [1.29, 1.82) is 0 Å². The predicted molar refractivity (Wildman–Crippen MR) is 61.6 cm³/mol. The number of hydrogen-bond donors (Lipinski definition) is 2. The van der Waals surface area contributed by atoms with Crippen molar-refractivity contribution in [1.82, 2.24) is 15.0 Å². The summed E-state index contributed by atoms with van der Waals surface area (Å²) < 4.78 is 10.8. The molecule has 0 aliphatic heterocycles. The maximum absolute atomic E-state index is 5.46. The SMILES string of the molecule is CC(C)Oc1nc(NN)nc(OCC2CC2)n1. The summed E-state index contributed by atoms with van der Waals surface area (Å²) in [6, 6.07) is 0.462. The van der Waals surface area contributed by atoms with Crippen molar-refractivity contribution < 1.29 is 9.47 Å². The van der Waals surface area contributed by atoms with Gasteiger partial charge in [-0.2, -0.15) is 9.97 Å². The minimum Gasteiger partial charge on any atom is -0.463 e. The number of nitrogens with one attached hydrogen (secondary N) is 1. The number of ether oxygens (including phenoxy) is 2. The smallest absolute Gasteiger partial charge is 0.324 e. The van der Waals surface area contributed by atoms with Crippen molar-refractivity contribution >= 4 is 5.95 Å². The molecule has 0 aromatic carbocycles. The van der Waals surface area contributed by atoms with Crippen LogP contribution in [0.15, 0.2) is 0 Å². The highest BCUT2D eigenvalue weighted by atomic mass is 16.5. The Morgan fingerprint density at radius 1 is 1.29 bits per heavy atom. The first-order valence-electron chi connectivity index (χ1n) is 5.69. The van der Waals surface area contributed by atoms with Crippen LogP contribution in [-0.4, -0.2) is 27.7 Å². The van der Waals surface area contributed by atoms with Gasteiger partial charge < -0.3 is 9.47 Å². The zero-order valence-corrected chi connectivity index (χ0v) is 10.0. The second-order valence-electron chi connectivity index (χ2n) is 4.29. The van der Waals surface area contributed by atoms with Gasteiger partial charge in [0.2, 0.25) is 5.95 Å². The molecule has 3 N–H and O–H groups in total. The summed E-state index contributed by atoms with van der Waals surface area (Å²) >= 11 is 0. The molecule has 0 atom stereocenters. The van der Waals surface area contributed by atoms with Crippen molar-refractivity contribution in [2.45, 2.75) is 32.8 Å². The molecule has 7 heteroatoms. The molecule has 1 aliphatic rings. The molecule has 0 amide bonds. The van der Waals surface area contributed by atoms with Crippen molar-refractivity contribution in [2.24, 2.45) is 11.8 Å². The van der Waals surface area contributed by atoms with Crippen LogP contribution in [0, 0.1) is 5.92 Å². The lowest BCUT2D eigenvalue weighted by atomic mass is 10.5. The molecule has 94 valence electrons. The number of hydrazine groups is 1. The van der Waals surface area contributed by atoms with Crippen LogP contribution in [0.25, 0.3) is 0 Å². The van der Waals surface area contributed by atoms with Gasteiger partial charge in [0.15, 0.2) is 0 Å². The normalized spacial score (nSPS) is 14.8. The first-order chi connectivity index (χ1) is 8.17. The van der Waals surface area contributed by atoms with Crippen LogP contribution in [-0.2, 0) is 0 Å². The van der Waals surface area contributed by atoms with E-state index in [1.165, 1.54) is 12.8 Å². The van der Waals surface area contributed by atoms with E-state index in [-0.39, 0.29) is 24.1 Å². The molecule has 17 heavy (non-hydrogen) atoms. The van der Waals surface area contributed by atoms with Gasteiger partial charge in [0.1, 0.15) is 0 Å². The topological polar surface area (TPSA) is 95.2 Å². The monoisotopic (exact) mass is 239 g/mol. The quantitative estimate of drug-likeness (QED) is 0.558. The number of nitrogens with zero attached hydrogens (tertiary/aromatic N) is 3. The molecule has 1 saturated carbocycles. The third kappa shape index (κ3) is 3.70. The van der Waals surface area contributed by atoms with Crippen LogP contribution in [0.3, 0.4) is 0 Å². The van der Waals surface area contributed by atoms with E-state index >= 15 is 0 Å². The molecule has 0 radical (unpaired) electrons. The lowest BCUT2D eigenvalue weighted by Crippen LogP contribution is -2.15. The lowest BCUT2D eigenvalue weighted by molar-refractivity contribution is 0.211. The molecule has 0 saturated heterocycles. The summed E-state index contributed by atoms with van der Waals surface area (Å²) in [5.74, 6) is 6.15. The number of rotatable bonds is 6. The molecular formula is C10H17N5O2. The summed E-state index contributed by atoms with van der Waals surface area (Å²) in [5, 5.41) is 0. The zero-order chi connectivity index (χ0) is 12.3. The van der Waals surface area contributed by atoms with E-state index in [1.807, 2.05) is 13.8 Å². The Bertz CT molecular complexity index is 381. The van der Waals surface area contributed by atoms with Gasteiger partial charge in [-0.05, 0) is 32.6 Å². The first-order valence-corrected chi connectivity index (χ1v) is 5.69. The van der Waals surface area contributed by atoms with Crippen LogP contribution in [0.4, 0.5) is 5.95 Å². The highest BCUT2D eigenvalue weighted by Crippen LogP contribution is 2.29. The minimum absolute atomic E-state index is 0.0145. The van der Waals surface area contributed by atoms with E-state index in [0.29, 0.717) is 12.5 Å². The number of nitrogens with two attached hydrogens (primary N) is 1. The van der Waals surface area contributed by atoms with E-state index in [4.69, 9.17) is 15.3 Å². The second-order valence-corrected chi connectivity index (χ2v) is 4.29. The van der Waals surface area contributed by atoms with Crippen LogP contribution >= 0.6 is 0 Å². The van der Waals surface area contributed by atoms with Gasteiger partial charge in [0, 0.05) is 0 Å². The fourth-order valence-electron chi connectivity index (χ4n) is 1.21. The third-order valence-corrected chi connectivity index (χ3v) is 2.21. The first kappa shape index (κ1) is 11.8. The second kappa shape index (κ2) is 5.13. The molecule has 1 aromatic rings.